The monoisotopic (exact) mass is 236 g/mol. The third kappa shape index (κ3) is 2.43. The lowest BCUT2D eigenvalue weighted by molar-refractivity contribution is 0.269. The van der Waals surface area contributed by atoms with Crippen molar-refractivity contribution in [3.63, 3.8) is 0 Å². The molecule has 0 bridgehead atoms. The minimum absolute atomic E-state index is 0.00551. The Morgan fingerprint density at radius 1 is 1.43 bits per heavy atom. The van der Waals surface area contributed by atoms with E-state index in [1.807, 2.05) is 6.92 Å². The maximum absolute atomic E-state index is 8.95. The van der Waals surface area contributed by atoms with Crippen LogP contribution in [0.3, 0.4) is 0 Å². The Kier molecular flexibility index (Phi) is 3.86. The van der Waals surface area contributed by atoms with Gasteiger partial charge < -0.3 is 10.0 Å². The van der Waals surface area contributed by atoms with Crippen LogP contribution in [0.5, 0.6) is 0 Å². The molecule has 0 aliphatic rings. The summed E-state index contributed by atoms with van der Waals surface area (Å²) in [4.78, 5) is 5.60. The number of aromatic nitrogens is 3. The molecule has 0 amide bonds. The third-order valence-electron chi connectivity index (χ3n) is 1.86. The molecule has 0 saturated carbocycles. The molecular formula is C7H10Cl2N4O. The van der Waals surface area contributed by atoms with Crippen LogP contribution in [0.4, 0.5) is 5.82 Å². The number of anilines is 1. The summed E-state index contributed by atoms with van der Waals surface area (Å²) >= 11 is 11.4. The van der Waals surface area contributed by atoms with Gasteiger partial charge in [0.2, 0.25) is 5.28 Å². The Labute approximate surface area is 91.7 Å². The molecule has 0 aromatic carbocycles. The number of aliphatic hydroxyl groups is 1. The van der Waals surface area contributed by atoms with E-state index < -0.39 is 0 Å². The number of hydrogen-bond acceptors (Lipinski definition) is 5. The third-order valence-corrected chi connectivity index (χ3v) is 2.27. The highest BCUT2D eigenvalue weighted by atomic mass is 35.5. The molecule has 1 aromatic rings. The molecule has 78 valence electrons. The number of nitrogens with zero attached hydrogens (tertiary/aromatic N) is 4. The second-order valence-electron chi connectivity index (χ2n) is 2.84. The molecule has 7 heteroatoms. The van der Waals surface area contributed by atoms with Gasteiger partial charge in [-0.25, -0.2) is 0 Å². The van der Waals surface area contributed by atoms with E-state index in [1.54, 1.807) is 11.9 Å². The second-order valence-corrected chi connectivity index (χ2v) is 3.53. The Bertz CT molecular complexity index is 323. The summed E-state index contributed by atoms with van der Waals surface area (Å²) in [6, 6.07) is -0.111. The van der Waals surface area contributed by atoms with E-state index in [9.17, 15) is 0 Å². The standard InChI is InChI=1S/C7H10Cl2N4O/c1-4(3-14)13(2)6-5(8)11-12-7(9)10-6/h4,14H,3H2,1-2H3. The zero-order valence-corrected chi connectivity index (χ0v) is 9.29. The van der Waals surface area contributed by atoms with E-state index in [0.717, 1.165) is 0 Å². The topological polar surface area (TPSA) is 62.1 Å². The van der Waals surface area contributed by atoms with Crippen molar-refractivity contribution in [2.24, 2.45) is 0 Å². The number of hydrogen-bond donors (Lipinski definition) is 1. The Morgan fingerprint density at radius 3 is 2.64 bits per heavy atom. The number of halogens is 2. The molecule has 1 rings (SSSR count). The highest BCUT2D eigenvalue weighted by Gasteiger charge is 2.15. The highest BCUT2D eigenvalue weighted by molar-refractivity contribution is 6.32. The molecule has 0 radical (unpaired) electrons. The van der Waals surface area contributed by atoms with Crippen molar-refractivity contribution in [3.05, 3.63) is 10.4 Å². The molecule has 1 unspecified atom stereocenters. The first-order chi connectivity index (χ1) is 6.56. The van der Waals surface area contributed by atoms with Crippen molar-refractivity contribution in [1.82, 2.24) is 15.2 Å². The van der Waals surface area contributed by atoms with Crippen LogP contribution in [0.2, 0.25) is 10.4 Å². The van der Waals surface area contributed by atoms with E-state index in [2.05, 4.69) is 15.2 Å². The Hall–Kier alpha value is -0.650. The molecule has 1 heterocycles. The fourth-order valence-electron chi connectivity index (χ4n) is 0.841. The lowest BCUT2D eigenvalue weighted by Crippen LogP contribution is -2.33. The van der Waals surface area contributed by atoms with Crippen molar-refractivity contribution >= 4 is 29.0 Å². The molecule has 1 atom stereocenters. The van der Waals surface area contributed by atoms with Crippen molar-refractivity contribution in [3.8, 4) is 0 Å². The van der Waals surface area contributed by atoms with Gasteiger partial charge >= 0.3 is 0 Å². The summed E-state index contributed by atoms with van der Waals surface area (Å²) in [5.41, 5.74) is 0. The zero-order chi connectivity index (χ0) is 10.7. The molecule has 1 aromatic heterocycles. The summed E-state index contributed by atoms with van der Waals surface area (Å²) in [7, 11) is 1.74. The van der Waals surface area contributed by atoms with Gasteiger partial charge in [-0.1, -0.05) is 11.6 Å². The molecule has 14 heavy (non-hydrogen) atoms. The number of aliphatic hydroxyl groups excluding tert-OH is 1. The average molecular weight is 237 g/mol. The van der Waals surface area contributed by atoms with Crippen LogP contribution in [0.1, 0.15) is 6.92 Å². The average Bonchev–Trinajstić information content (AvgIpc) is 2.19. The van der Waals surface area contributed by atoms with Crippen LogP contribution in [0.25, 0.3) is 0 Å². The van der Waals surface area contributed by atoms with Crippen LogP contribution in [0, 0.1) is 0 Å². The number of likely N-dealkylation sites (N-methyl/N-ethyl adjacent to an activating group) is 1. The van der Waals surface area contributed by atoms with Crippen LogP contribution in [-0.4, -0.2) is 40.0 Å². The summed E-state index contributed by atoms with van der Waals surface area (Å²) in [6.45, 7) is 1.82. The molecule has 0 aliphatic carbocycles. The normalized spacial score (nSPS) is 12.6. The maximum Gasteiger partial charge on any atom is 0.245 e. The Balaban J connectivity index is 2.99. The summed E-state index contributed by atoms with van der Waals surface area (Å²) in [5, 5.41) is 16.2. The first kappa shape index (κ1) is 11.4. The predicted octanol–water partition coefficient (Wildman–Crippen LogP) is 0.995. The smallest absolute Gasteiger partial charge is 0.245 e. The molecule has 0 aliphatic heterocycles. The van der Waals surface area contributed by atoms with Gasteiger partial charge in [0.15, 0.2) is 11.0 Å². The van der Waals surface area contributed by atoms with Crippen LogP contribution in [0.15, 0.2) is 0 Å². The minimum Gasteiger partial charge on any atom is -0.394 e. The molecule has 0 fully saturated rings. The van der Waals surface area contributed by atoms with Crippen molar-refractivity contribution in [1.29, 1.82) is 0 Å². The maximum atomic E-state index is 8.95. The second kappa shape index (κ2) is 4.72. The van der Waals surface area contributed by atoms with Gasteiger partial charge in [-0.05, 0) is 18.5 Å². The van der Waals surface area contributed by atoms with Gasteiger partial charge in [0, 0.05) is 7.05 Å². The quantitative estimate of drug-likeness (QED) is 0.849. The van der Waals surface area contributed by atoms with Gasteiger partial charge in [0.05, 0.1) is 12.6 Å². The number of rotatable bonds is 3. The van der Waals surface area contributed by atoms with Crippen LogP contribution >= 0.6 is 23.2 Å². The Morgan fingerprint density at radius 2 is 2.07 bits per heavy atom. The van der Waals surface area contributed by atoms with E-state index in [4.69, 9.17) is 28.3 Å². The molecule has 0 saturated heterocycles. The van der Waals surface area contributed by atoms with E-state index in [1.165, 1.54) is 0 Å². The van der Waals surface area contributed by atoms with Gasteiger partial charge in [-0.15, -0.1) is 10.2 Å². The van der Waals surface area contributed by atoms with Crippen molar-refractivity contribution < 1.29 is 5.11 Å². The van der Waals surface area contributed by atoms with Gasteiger partial charge in [0.1, 0.15) is 0 Å². The summed E-state index contributed by atoms with van der Waals surface area (Å²) < 4.78 is 0. The highest BCUT2D eigenvalue weighted by Crippen LogP contribution is 2.21. The van der Waals surface area contributed by atoms with Gasteiger partial charge in [-0.2, -0.15) is 4.98 Å². The molecular weight excluding hydrogens is 227 g/mol. The summed E-state index contributed by atoms with van der Waals surface area (Å²) in [6.07, 6.45) is 0. The SMILES string of the molecule is CC(CO)N(C)c1nc(Cl)nnc1Cl. The first-order valence-electron chi connectivity index (χ1n) is 3.95. The van der Waals surface area contributed by atoms with Crippen LogP contribution < -0.4 is 4.90 Å². The van der Waals surface area contributed by atoms with Crippen LogP contribution in [-0.2, 0) is 0 Å². The van der Waals surface area contributed by atoms with Crippen molar-refractivity contribution in [2.45, 2.75) is 13.0 Å². The van der Waals surface area contributed by atoms with Crippen molar-refractivity contribution in [2.75, 3.05) is 18.6 Å². The van der Waals surface area contributed by atoms with E-state index in [0.29, 0.717) is 5.82 Å². The molecule has 0 spiro atoms. The largest absolute Gasteiger partial charge is 0.394 e. The molecule has 1 N–H and O–H groups in total. The van der Waals surface area contributed by atoms with Gasteiger partial charge in [0.25, 0.3) is 0 Å². The van der Waals surface area contributed by atoms with E-state index in [-0.39, 0.29) is 23.1 Å². The summed E-state index contributed by atoms with van der Waals surface area (Å²) in [5.74, 6) is 0.410. The van der Waals surface area contributed by atoms with E-state index >= 15 is 0 Å². The fourth-order valence-corrected chi connectivity index (χ4v) is 1.17. The lowest BCUT2D eigenvalue weighted by Gasteiger charge is -2.24. The zero-order valence-electron chi connectivity index (χ0n) is 7.78. The molecule has 5 nitrogen and oxygen atoms in total. The van der Waals surface area contributed by atoms with Gasteiger partial charge in [-0.3, -0.25) is 0 Å². The first-order valence-corrected chi connectivity index (χ1v) is 4.71. The fraction of sp³-hybridized carbons (Fsp3) is 0.571. The minimum atomic E-state index is -0.111. The lowest BCUT2D eigenvalue weighted by atomic mass is 10.3. The predicted molar refractivity (Wildman–Crippen MR) is 54.8 cm³/mol.